The number of allylic oxidation sites excluding steroid dienone is 1. The zero-order valence-corrected chi connectivity index (χ0v) is 14.7. The van der Waals surface area contributed by atoms with E-state index in [1.165, 1.54) is 23.1 Å². The number of benzene rings is 1. The molecule has 1 aromatic heterocycles. The minimum atomic E-state index is -0.544. The molecule has 2 aromatic rings. The summed E-state index contributed by atoms with van der Waals surface area (Å²) in [5.74, 6) is 0.135. The Labute approximate surface area is 144 Å². The summed E-state index contributed by atoms with van der Waals surface area (Å²) >= 11 is 6.04. The number of hydrogen-bond donors (Lipinski definition) is 1. The lowest BCUT2D eigenvalue weighted by atomic mass is 10.1. The molecule has 0 saturated carbocycles. The SMILES string of the molecule is COc1ccc(/C=C2\SC(=N)[C@H](c3nccs3)C2=O)cc1Br. The molecule has 3 rings (SSSR count). The molecule has 2 heterocycles. The Morgan fingerprint density at radius 3 is 2.91 bits per heavy atom. The third kappa shape index (κ3) is 2.88. The normalized spacial score (nSPS) is 19.9. The number of nitrogens with zero attached hydrogens (tertiary/aromatic N) is 1. The molecule has 0 unspecified atom stereocenters. The Hall–Kier alpha value is -1.44. The summed E-state index contributed by atoms with van der Waals surface area (Å²) in [5, 5.41) is 10.9. The molecule has 1 fully saturated rings. The highest BCUT2D eigenvalue weighted by atomic mass is 79.9. The van der Waals surface area contributed by atoms with Gasteiger partial charge in [-0.3, -0.25) is 10.2 Å². The minimum absolute atomic E-state index is 0.0584. The van der Waals surface area contributed by atoms with E-state index in [0.29, 0.717) is 15.0 Å². The third-order valence-corrected chi connectivity index (χ3v) is 5.61. The second kappa shape index (κ2) is 6.36. The molecule has 7 heteroatoms. The van der Waals surface area contributed by atoms with E-state index in [9.17, 15) is 4.79 Å². The molecule has 0 bridgehead atoms. The van der Waals surface area contributed by atoms with Crippen LogP contribution in [0, 0.1) is 5.41 Å². The average Bonchev–Trinajstić information content (AvgIpc) is 3.08. The molecule has 0 radical (unpaired) electrons. The number of rotatable bonds is 3. The first-order valence-electron chi connectivity index (χ1n) is 6.35. The summed E-state index contributed by atoms with van der Waals surface area (Å²) in [4.78, 5) is 17.3. The molecular weight excluding hydrogens is 384 g/mol. The molecule has 1 aliphatic rings. The van der Waals surface area contributed by atoms with Crippen LogP contribution in [0.25, 0.3) is 6.08 Å². The maximum absolute atomic E-state index is 12.5. The van der Waals surface area contributed by atoms with E-state index in [4.69, 9.17) is 10.1 Å². The number of carbonyl (C=O) groups excluding carboxylic acids is 1. The number of thioether (sulfide) groups is 1. The molecular formula is C15H11BrN2O2S2. The zero-order valence-electron chi connectivity index (χ0n) is 11.5. The monoisotopic (exact) mass is 394 g/mol. The van der Waals surface area contributed by atoms with Gasteiger partial charge in [-0.2, -0.15) is 0 Å². The van der Waals surface area contributed by atoms with Crippen molar-refractivity contribution < 1.29 is 9.53 Å². The van der Waals surface area contributed by atoms with Crippen molar-refractivity contribution in [2.45, 2.75) is 5.92 Å². The van der Waals surface area contributed by atoms with Gasteiger partial charge >= 0.3 is 0 Å². The van der Waals surface area contributed by atoms with E-state index in [1.807, 2.05) is 23.6 Å². The molecule has 22 heavy (non-hydrogen) atoms. The Balaban J connectivity index is 1.91. The highest BCUT2D eigenvalue weighted by molar-refractivity contribution is 9.10. The lowest BCUT2D eigenvalue weighted by Gasteiger charge is -2.04. The summed E-state index contributed by atoms with van der Waals surface area (Å²) in [6.45, 7) is 0. The summed E-state index contributed by atoms with van der Waals surface area (Å²) in [6.07, 6.45) is 3.47. The lowest BCUT2D eigenvalue weighted by Crippen LogP contribution is -2.11. The van der Waals surface area contributed by atoms with Gasteiger partial charge in [0.15, 0.2) is 5.78 Å². The van der Waals surface area contributed by atoms with Gasteiger partial charge in [0.1, 0.15) is 16.7 Å². The number of ketones is 1. The predicted molar refractivity (Wildman–Crippen MR) is 93.9 cm³/mol. The van der Waals surface area contributed by atoms with Gasteiger partial charge in [0, 0.05) is 11.6 Å². The van der Waals surface area contributed by atoms with Gasteiger partial charge in [0.2, 0.25) is 0 Å². The number of carbonyl (C=O) groups is 1. The zero-order chi connectivity index (χ0) is 15.7. The standard InChI is InChI=1S/C15H11BrN2O2S2/c1-20-10-3-2-8(6-9(10)16)7-11-13(19)12(14(17)22-11)15-18-4-5-21-15/h2-7,12,17H,1H3/b11-7-,17-14?/t12-/m1/s1. The fourth-order valence-corrected chi connectivity index (χ4v) is 4.48. The number of methoxy groups -OCH3 is 1. The van der Waals surface area contributed by atoms with Crippen molar-refractivity contribution in [3.05, 3.63) is 49.7 Å². The lowest BCUT2D eigenvalue weighted by molar-refractivity contribution is -0.114. The van der Waals surface area contributed by atoms with Gasteiger partial charge in [-0.15, -0.1) is 11.3 Å². The predicted octanol–water partition coefficient (Wildman–Crippen LogP) is 4.33. The number of ether oxygens (including phenoxy) is 1. The van der Waals surface area contributed by atoms with E-state index in [0.717, 1.165) is 15.8 Å². The van der Waals surface area contributed by atoms with Gasteiger partial charge < -0.3 is 4.74 Å². The fraction of sp³-hybridized carbons (Fsp3) is 0.133. The van der Waals surface area contributed by atoms with Crippen molar-refractivity contribution in [2.24, 2.45) is 0 Å². The van der Waals surface area contributed by atoms with Gasteiger partial charge in [0.05, 0.1) is 21.5 Å². The fourth-order valence-electron chi connectivity index (χ4n) is 2.11. The summed E-state index contributed by atoms with van der Waals surface area (Å²) in [7, 11) is 1.61. The molecule has 0 aliphatic carbocycles. The maximum Gasteiger partial charge on any atom is 0.186 e. The van der Waals surface area contributed by atoms with Crippen LogP contribution < -0.4 is 4.74 Å². The molecule has 1 N–H and O–H groups in total. The number of halogens is 1. The molecule has 0 spiro atoms. The van der Waals surface area contributed by atoms with Crippen LogP contribution in [0.3, 0.4) is 0 Å². The van der Waals surface area contributed by atoms with Crippen molar-refractivity contribution in [2.75, 3.05) is 7.11 Å². The number of aromatic nitrogens is 1. The third-order valence-electron chi connectivity index (χ3n) is 3.16. The summed E-state index contributed by atoms with van der Waals surface area (Å²) in [6, 6.07) is 5.61. The quantitative estimate of drug-likeness (QED) is 0.786. The molecule has 1 atom stereocenters. The van der Waals surface area contributed by atoms with Gasteiger partial charge in [0.25, 0.3) is 0 Å². The second-order valence-corrected chi connectivity index (χ2v) is 7.40. The minimum Gasteiger partial charge on any atom is -0.496 e. The average molecular weight is 395 g/mol. The Morgan fingerprint density at radius 2 is 2.27 bits per heavy atom. The van der Waals surface area contributed by atoms with Crippen LogP contribution in [-0.4, -0.2) is 22.9 Å². The molecule has 112 valence electrons. The Kier molecular flexibility index (Phi) is 4.46. The van der Waals surface area contributed by atoms with Crippen LogP contribution in [0.5, 0.6) is 5.75 Å². The van der Waals surface area contributed by atoms with Crippen LogP contribution in [0.2, 0.25) is 0 Å². The van der Waals surface area contributed by atoms with E-state index < -0.39 is 5.92 Å². The van der Waals surface area contributed by atoms with Crippen LogP contribution in [-0.2, 0) is 4.79 Å². The Morgan fingerprint density at radius 1 is 1.45 bits per heavy atom. The maximum atomic E-state index is 12.5. The smallest absolute Gasteiger partial charge is 0.186 e. The Bertz CT molecular complexity index is 772. The molecule has 4 nitrogen and oxygen atoms in total. The van der Waals surface area contributed by atoms with Crippen molar-refractivity contribution in [3.63, 3.8) is 0 Å². The van der Waals surface area contributed by atoms with E-state index in [2.05, 4.69) is 20.9 Å². The largest absolute Gasteiger partial charge is 0.496 e. The summed E-state index contributed by atoms with van der Waals surface area (Å²) in [5.41, 5.74) is 0.885. The van der Waals surface area contributed by atoms with Crippen LogP contribution >= 0.6 is 39.0 Å². The van der Waals surface area contributed by atoms with Crippen molar-refractivity contribution in [1.82, 2.24) is 4.98 Å². The van der Waals surface area contributed by atoms with E-state index in [-0.39, 0.29) is 5.78 Å². The van der Waals surface area contributed by atoms with Gasteiger partial charge in [-0.05, 0) is 39.7 Å². The van der Waals surface area contributed by atoms with Crippen molar-refractivity contribution in [1.29, 1.82) is 5.41 Å². The summed E-state index contributed by atoms with van der Waals surface area (Å²) < 4.78 is 6.02. The first-order valence-corrected chi connectivity index (χ1v) is 8.84. The van der Waals surface area contributed by atoms with E-state index in [1.54, 1.807) is 19.4 Å². The number of thiazole rings is 1. The van der Waals surface area contributed by atoms with E-state index >= 15 is 0 Å². The molecule has 1 aromatic carbocycles. The molecule has 1 saturated heterocycles. The molecule has 0 amide bonds. The van der Waals surface area contributed by atoms with Crippen LogP contribution in [0.1, 0.15) is 16.5 Å². The van der Waals surface area contributed by atoms with Crippen LogP contribution in [0.4, 0.5) is 0 Å². The number of nitrogens with one attached hydrogen (secondary N) is 1. The highest BCUT2D eigenvalue weighted by Crippen LogP contribution is 2.41. The number of Topliss-reactive ketones (excluding diaryl/α,β-unsaturated/α-hetero) is 1. The first-order chi connectivity index (χ1) is 10.6. The highest BCUT2D eigenvalue weighted by Gasteiger charge is 2.38. The van der Waals surface area contributed by atoms with Crippen LogP contribution in [0.15, 0.2) is 39.2 Å². The molecule has 1 aliphatic heterocycles. The topological polar surface area (TPSA) is 63.0 Å². The second-order valence-electron chi connectivity index (χ2n) is 4.54. The first kappa shape index (κ1) is 15.5. The van der Waals surface area contributed by atoms with Crippen molar-refractivity contribution in [3.8, 4) is 5.75 Å². The van der Waals surface area contributed by atoms with Crippen molar-refractivity contribution >= 4 is 55.9 Å². The van der Waals surface area contributed by atoms with Gasteiger partial charge in [-0.25, -0.2) is 4.98 Å². The van der Waals surface area contributed by atoms with Gasteiger partial charge in [-0.1, -0.05) is 17.8 Å². The number of hydrogen-bond acceptors (Lipinski definition) is 6.